The van der Waals surface area contributed by atoms with Crippen molar-refractivity contribution < 1.29 is 5.11 Å². The van der Waals surface area contributed by atoms with Gasteiger partial charge in [0, 0.05) is 17.3 Å². The first-order valence-corrected chi connectivity index (χ1v) is 4.36. The summed E-state index contributed by atoms with van der Waals surface area (Å²) in [5.74, 6) is 6.47. The number of aromatic nitrogens is 1. The standard InChI is InChI=1S/C9H10N2OS/c10-9-8(6-12)4-7(5-11-9)2-1-3-13/h4-5,12-13H,3,6H2,(H2,10,11). The van der Waals surface area contributed by atoms with Gasteiger partial charge in [0.05, 0.1) is 12.4 Å². The zero-order valence-corrected chi connectivity index (χ0v) is 7.88. The molecule has 3 N–H and O–H groups in total. The zero-order valence-electron chi connectivity index (χ0n) is 6.99. The summed E-state index contributed by atoms with van der Waals surface area (Å²) in [6.45, 7) is -0.116. The molecule has 1 aromatic rings. The molecule has 0 bridgehead atoms. The number of hydrogen-bond donors (Lipinski definition) is 3. The fraction of sp³-hybridized carbons (Fsp3) is 0.222. The molecule has 1 rings (SSSR count). The fourth-order valence-corrected chi connectivity index (χ4v) is 0.937. The number of anilines is 1. The van der Waals surface area contributed by atoms with Crippen molar-refractivity contribution in [3.8, 4) is 11.8 Å². The molecule has 0 spiro atoms. The van der Waals surface area contributed by atoms with Gasteiger partial charge in [-0.05, 0) is 6.07 Å². The lowest BCUT2D eigenvalue weighted by Gasteiger charge is -2.00. The molecule has 0 radical (unpaired) electrons. The molecule has 4 heteroatoms. The van der Waals surface area contributed by atoms with Crippen LogP contribution in [0, 0.1) is 11.8 Å². The van der Waals surface area contributed by atoms with E-state index in [1.807, 2.05) is 0 Å². The Balaban J connectivity index is 2.99. The number of nitrogens with two attached hydrogens (primary N) is 1. The normalized spacial score (nSPS) is 9.08. The SMILES string of the molecule is Nc1ncc(C#CCS)cc1CO. The van der Waals surface area contributed by atoms with Crippen molar-refractivity contribution in [2.45, 2.75) is 6.61 Å². The van der Waals surface area contributed by atoms with Crippen molar-refractivity contribution in [1.82, 2.24) is 4.98 Å². The van der Waals surface area contributed by atoms with Crippen molar-refractivity contribution in [2.75, 3.05) is 11.5 Å². The molecule has 0 saturated heterocycles. The van der Waals surface area contributed by atoms with Crippen LogP contribution in [0.3, 0.4) is 0 Å². The van der Waals surface area contributed by atoms with Crippen molar-refractivity contribution in [1.29, 1.82) is 0 Å². The van der Waals surface area contributed by atoms with E-state index in [0.29, 0.717) is 17.1 Å². The van der Waals surface area contributed by atoms with Gasteiger partial charge in [-0.1, -0.05) is 11.8 Å². The first-order valence-electron chi connectivity index (χ1n) is 3.73. The summed E-state index contributed by atoms with van der Waals surface area (Å²) < 4.78 is 0. The van der Waals surface area contributed by atoms with Crippen LogP contribution < -0.4 is 5.73 Å². The molecule has 0 aliphatic carbocycles. The van der Waals surface area contributed by atoms with Crippen LogP contribution in [0.25, 0.3) is 0 Å². The van der Waals surface area contributed by atoms with Gasteiger partial charge in [-0.15, -0.1) is 0 Å². The van der Waals surface area contributed by atoms with E-state index in [9.17, 15) is 0 Å². The van der Waals surface area contributed by atoms with Gasteiger partial charge in [0.25, 0.3) is 0 Å². The highest BCUT2D eigenvalue weighted by atomic mass is 32.1. The predicted octanol–water partition coefficient (Wildman–Crippen LogP) is 0.437. The molecule has 0 unspecified atom stereocenters. The van der Waals surface area contributed by atoms with Crippen LogP contribution in [0.1, 0.15) is 11.1 Å². The van der Waals surface area contributed by atoms with Crippen molar-refractivity contribution in [3.63, 3.8) is 0 Å². The number of rotatable bonds is 1. The number of hydrogen-bond acceptors (Lipinski definition) is 4. The van der Waals surface area contributed by atoms with E-state index in [1.165, 1.54) is 0 Å². The third kappa shape index (κ3) is 2.65. The monoisotopic (exact) mass is 194 g/mol. The molecule has 0 saturated carbocycles. The maximum Gasteiger partial charge on any atom is 0.128 e. The molecule has 0 aliphatic rings. The smallest absolute Gasteiger partial charge is 0.128 e. The highest BCUT2D eigenvalue weighted by Crippen LogP contribution is 2.09. The number of nitrogens with zero attached hydrogens (tertiary/aromatic N) is 1. The molecule has 0 atom stereocenters. The van der Waals surface area contributed by atoms with Crippen LogP contribution in [0.4, 0.5) is 5.82 Å². The summed E-state index contributed by atoms with van der Waals surface area (Å²) in [5.41, 5.74) is 6.84. The van der Waals surface area contributed by atoms with Gasteiger partial charge in [-0.2, -0.15) is 12.6 Å². The number of aliphatic hydroxyl groups is 1. The molecular weight excluding hydrogens is 184 g/mol. The van der Waals surface area contributed by atoms with Gasteiger partial charge >= 0.3 is 0 Å². The van der Waals surface area contributed by atoms with Crippen molar-refractivity contribution >= 4 is 18.4 Å². The zero-order chi connectivity index (χ0) is 9.68. The highest BCUT2D eigenvalue weighted by Gasteiger charge is 1.98. The predicted molar refractivity (Wildman–Crippen MR) is 55.3 cm³/mol. The fourth-order valence-electron chi connectivity index (χ4n) is 0.858. The van der Waals surface area contributed by atoms with Crippen molar-refractivity contribution in [2.24, 2.45) is 0 Å². The minimum atomic E-state index is -0.116. The first kappa shape index (κ1) is 9.90. The molecule has 0 aliphatic heterocycles. The summed E-state index contributed by atoms with van der Waals surface area (Å²) in [6, 6.07) is 1.72. The van der Waals surface area contributed by atoms with E-state index >= 15 is 0 Å². The molecule has 0 amide bonds. The minimum absolute atomic E-state index is 0.116. The van der Waals surface area contributed by atoms with Crippen LogP contribution in [0.15, 0.2) is 12.3 Å². The minimum Gasteiger partial charge on any atom is -0.392 e. The summed E-state index contributed by atoms with van der Waals surface area (Å²) in [5, 5.41) is 8.89. The Labute approximate surface area is 82.4 Å². The van der Waals surface area contributed by atoms with E-state index in [0.717, 1.165) is 5.56 Å². The average molecular weight is 194 g/mol. The van der Waals surface area contributed by atoms with Crippen LogP contribution in [-0.4, -0.2) is 15.8 Å². The van der Waals surface area contributed by atoms with Gasteiger partial charge in [0.1, 0.15) is 5.82 Å². The Bertz CT molecular complexity index is 354. The summed E-state index contributed by atoms with van der Waals surface area (Å²) in [7, 11) is 0. The number of aliphatic hydroxyl groups excluding tert-OH is 1. The maximum absolute atomic E-state index is 8.89. The molecule has 68 valence electrons. The van der Waals surface area contributed by atoms with E-state index < -0.39 is 0 Å². The summed E-state index contributed by atoms with van der Waals surface area (Å²) in [6.07, 6.45) is 1.57. The third-order valence-electron chi connectivity index (χ3n) is 1.48. The Morgan fingerprint density at radius 3 is 3.00 bits per heavy atom. The molecule has 13 heavy (non-hydrogen) atoms. The average Bonchev–Trinajstić information content (AvgIpc) is 2.16. The second-order valence-electron chi connectivity index (χ2n) is 2.39. The molecular formula is C9H10N2OS. The lowest BCUT2D eigenvalue weighted by molar-refractivity contribution is 0.282. The van der Waals surface area contributed by atoms with Gasteiger partial charge in [0.2, 0.25) is 0 Å². The highest BCUT2D eigenvalue weighted by molar-refractivity contribution is 7.80. The van der Waals surface area contributed by atoms with E-state index in [-0.39, 0.29) is 6.61 Å². The van der Waals surface area contributed by atoms with E-state index in [4.69, 9.17) is 10.8 Å². The van der Waals surface area contributed by atoms with E-state index in [1.54, 1.807) is 12.3 Å². The van der Waals surface area contributed by atoms with Gasteiger partial charge in [0.15, 0.2) is 0 Å². The van der Waals surface area contributed by atoms with Crippen LogP contribution in [0.5, 0.6) is 0 Å². The van der Waals surface area contributed by atoms with Crippen LogP contribution in [-0.2, 0) is 6.61 Å². The topological polar surface area (TPSA) is 59.1 Å². The maximum atomic E-state index is 8.89. The Kier molecular flexibility index (Phi) is 3.62. The second-order valence-corrected chi connectivity index (χ2v) is 2.70. The largest absolute Gasteiger partial charge is 0.392 e. The van der Waals surface area contributed by atoms with Crippen LogP contribution >= 0.6 is 12.6 Å². The molecule has 1 aromatic heterocycles. The van der Waals surface area contributed by atoms with E-state index in [2.05, 4.69) is 29.5 Å². The molecule has 0 aromatic carbocycles. The lowest BCUT2D eigenvalue weighted by Crippen LogP contribution is -1.98. The Morgan fingerprint density at radius 1 is 1.62 bits per heavy atom. The Hall–Kier alpha value is -1.18. The number of nitrogen functional groups attached to an aromatic ring is 1. The van der Waals surface area contributed by atoms with Gasteiger partial charge in [-0.3, -0.25) is 0 Å². The van der Waals surface area contributed by atoms with Crippen LogP contribution in [0.2, 0.25) is 0 Å². The second kappa shape index (κ2) is 4.75. The molecule has 1 heterocycles. The quantitative estimate of drug-likeness (QED) is 0.449. The first-order chi connectivity index (χ1) is 6.27. The summed E-state index contributed by atoms with van der Waals surface area (Å²) >= 11 is 3.95. The van der Waals surface area contributed by atoms with Gasteiger partial charge in [-0.25, -0.2) is 4.98 Å². The third-order valence-corrected chi connectivity index (χ3v) is 1.64. The summed E-state index contributed by atoms with van der Waals surface area (Å²) in [4.78, 5) is 3.89. The molecule has 0 fully saturated rings. The number of pyridine rings is 1. The number of thiol groups is 1. The lowest BCUT2D eigenvalue weighted by atomic mass is 10.2. The van der Waals surface area contributed by atoms with Crippen molar-refractivity contribution in [3.05, 3.63) is 23.4 Å². The molecule has 3 nitrogen and oxygen atoms in total. The van der Waals surface area contributed by atoms with Gasteiger partial charge < -0.3 is 10.8 Å². The Morgan fingerprint density at radius 2 is 2.38 bits per heavy atom.